The van der Waals surface area contributed by atoms with Gasteiger partial charge in [0.25, 0.3) is 0 Å². The molecule has 40 heavy (non-hydrogen) atoms. The van der Waals surface area contributed by atoms with Crippen LogP contribution >= 0.6 is 11.3 Å². The van der Waals surface area contributed by atoms with Crippen LogP contribution in [0.25, 0.3) is 52.8 Å². The Bertz CT molecular complexity index is 2170. The summed E-state index contributed by atoms with van der Waals surface area (Å²) in [5, 5.41) is 7.56. The van der Waals surface area contributed by atoms with Crippen LogP contribution in [0.15, 0.2) is 152 Å². The minimum Gasteiger partial charge on any atom is -0.310 e. The summed E-state index contributed by atoms with van der Waals surface area (Å²) in [4.78, 5) is 2.44. The summed E-state index contributed by atoms with van der Waals surface area (Å²) < 4.78 is 2.63. The summed E-state index contributed by atoms with van der Waals surface area (Å²) in [6, 6.07) is 55.1. The maximum absolute atomic E-state index is 2.44. The van der Waals surface area contributed by atoms with Gasteiger partial charge in [0.15, 0.2) is 0 Å². The van der Waals surface area contributed by atoms with E-state index >= 15 is 0 Å². The maximum Gasteiger partial charge on any atom is 0.0546 e. The molecule has 1 heterocycles. The van der Waals surface area contributed by atoms with Gasteiger partial charge in [-0.1, -0.05) is 109 Å². The quantitative estimate of drug-likeness (QED) is 0.220. The third-order valence-corrected chi connectivity index (χ3v) is 8.97. The molecule has 7 aromatic carbocycles. The highest BCUT2D eigenvalue weighted by atomic mass is 32.1. The second-order valence-electron chi connectivity index (χ2n) is 10.2. The van der Waals surface area contributed by atoms with Crippen LogP contribution in [0.2, 0.25) is 0 Å². The third-order valence-electron chi connectivity index (χ3n) is 7.82. The van der Waals surface area contributed by atoms with Crippen molar-refractivity contribution in [3.05, 3.63) is 152 Å². The molecule has 0 aliphatic rings. The van der Waals surface area contributed by atoms with Crippen LogP contribution in [0.1, 0.15) is 0 Å². The van der Waals surface area contributed by atoms with Crippen molar-refractivity contribution in [1.82, 2.24) is 0 Å². The molecule has 0 bridgehead atoms. The van der Waals surface area contributed by atoms with E-state index in [1.165, 1.54) is 58.5 Å². The van der Waals surface area contributed by atoms with Crippen molar-refractivity contribution in [3.8, 4) is 11.1 Å². The van der Waals surface area contributed by atoms with Gasteiger partial charge < -0.3 is 4.90 Å². The van der Waals surface area contributed by atoms with Gasteiger partial charge in [0.2, 0.25) is 0 Å². The molecular formula is C38H25NS. The van der Waals surface area contributed by atoms with E-state index in [4.69, 9.17) is 0 Å². The molecule has 0 N–H and O–H groups in total. The number of hydrogen-bond acceptors (Lipinski definition) is 2. The molecule has 1 aromatic heterocycles. The molecule has 0 saturated carbocycles. The molecule has 0 unspecified atom stereocenters. The molecule has 2 heteroatoms. The second-order valence-corrected chi connectivity index (χ2v) is 11.3. The smallest absolute Gasteiger partial charge is 0.0546 e. The van der Waals surface area contributed by atoms with Crippen molar-refractivity contribution < 1.29 is 0 Å². The number of fused-ring (bicyclic) bond motifs is 5. The fourth-order valence-corrected chi connectivity index (χ4v) is 7.05. The minimum absolute atomic E-state index is 1.15. The summed E-state index contributed by atoms with van der Waals surface area (Å²) in [7, 11) is 0. The van der Waals surface area contributed by atoms with E-state index in [0.717, 1.165) is 11.4 Å². The third kappa shape index (κ3) is 3.77. The molecular weight excluding hydrogens is 502 g/mol. The normalized spacial score (nSPS) is 11.5. The topological polar surface area (TPSA) is 3.24 Å². The lowest BCUT2D eigenvalue weighted by Crippen LogP contribution is -2.10. The van der Waals surface area contributed by atoms with Crippen molar-refractivity contribution in [3.63, 3.8) is 0 Å². The standard InChI is InChI=1S/C38H25NS/c1-2-11-27(12-3-1)32-17-8-14-28-15-9-18-35(38(28)32)39(30-21-20-26-10-4-5-13-29(26)24-30)31-22-23-37-34(25-31)33-16-6-7-19-36(33)40-37/h1-25H. The number of thiophene rings is 1. The highest BCUT2D eigenvalue weighted by molar-refractivity contribution is 7.25. The first-order valence-electron chi connectivity index (χ1n) is 13.6. The Kier molecular flexibility index (Phi) is 5.39. The minimum atomic E-state index is 1.15. The number of hydrogen-bond donors (Lipinski definition) is 0. The molecule has 0 aliphatic heterocycles. The maximum atomic E-state index is 2.44. The van der Waals surface area contributed by atoms with Gasteiger partial charge in [0.05, 0.1) is 5.69 Å². The lowest BCUT2D eigenvalue weighted by atomic mass is 9.96. The van der Waals surface area contributed by atoms with Gasteiger partial charge in [-0.05, 0) is 69.8 Å². The van der Waals surface area contributed by atoms with E-state index in [1.54, 1.807) is 0 Å². The number of benzene rings is 7. The molecule has 0 spiro atoms. The summed E-state index contributed by atoms with van der Waals surface area (Å²) in [5.41, 5.74) is 5.93. The molecule has 0 radical (unpaired) electrons. The Balaban J connectivity index is 1.44. The molecule has 0 aliphatic carbocycles. The Morgan fingerprint density at radius 3 is 2.00 bits per heavy atom. The number of nitrogens with zero attached hydrogens (tertiary/aromatic N) is 1. The molecule has 8 rings (SSSR count). The Hall–Kier alpha value is -4.92. The van der Waals surface area contributed by atoms with Gasteiger partial charge in [-0.25, -0.2) is 0 Å². The van der Waals surface area contributed by atoms with Gasteiger partial charge in [-0.2, -0.15) is 0 Å². The van der Waals surface area contributed by atoms with Gasteiger partial charge in [0, 0.05) is 36.9 Å². The summed E-state index contributed by atoms with van der Waals surface area (Å²) in [6.45, 7) is 0. The van der Waals surface area contributed by atoms with Crippen LogP contribution in [-0.4, -0.2) is 0 Å². The van der Waals surface area contributed by atoms with Gasteiger partial charge in [0.1, 0.15) is 0 Å². The lowest BCUT2D eigenvalue weighted by Gasteiger charge is -2.28. The first-order chi connectivity index (χ1) is 19.8. The van der Waals surface area contributed by atoms with E-state index in [0.29, 0.717) is 0 Å². The van der Waals surface area contributed by atoms with Crippen LogP contribution in [0.3, 0.4) is 0 Å². The zero-order valence-electron chi connectivity index (χ0n) is 21.8. The fraction of sp³-hybridized carbons (Fsp3) is 0. The Morgan fingerprint density at radius 1 is 0.425 bits per heavy atom. The van der Waals surface area contributed by atoms with Gasteiger partial charge in [-0.15, -0.1) is 11.3 Å². The highest BCUT2D eigenvalue weighted by Crippen LogP contribution is 2.45. The summed E-state index contributed by atoms with van der Waals surface area (Å²) >= 11 is 1.86. The van der Waals surface area contributed by atoms with Crippen LogP contribution in [0.5, 0.6) is 0 Å². The SMILES string of the molecule is c1ccc(-c2cccc3cccc(N(c4ccc5ccccc5c4)c4ccc5sc6ccccc6c5c4)c23)cc1. The average molecular weight is 528 g/mol. The van der Waals surface area contributed by atoms with Crippen molar-refractivity contribution >= 4 is 70.1 Å². The van der Waals surface area contributed by atoms with Gasteiger partial charge in [-0.3, -0.25) is 0 Å². The van der Waals surface area contributed by atoms with E-state index in [9.17, 15) is 0 Å². The van der Waals surface area contributed by atoms with E-state index in [-0.39, 0.29) is 0 Å². The highest BCUT2D eigenvalue weighted by Gasteiger charge is 2.19. The van der Waals surface area contributed by atoms with Crippen molar-refractivity contribution in [2.24, 2.45) is 0 Å². The average Bonchev–Trinajstić information content (AvgIpc) is 3.39. The molecule has 188 valence electrons. The monoisotopic (exact) mass is 527 g/mol. The molecule has 0 amide bonds. The van der Waals surface area contributed by atoms with E-state index in [1.807, 2.05) is 11.3 Å². The molecule has 0 saturated heterocycles. The van der Waals surface area contributed by atoms with Crippen LogP contribution in [0, 0.1) is 0 Å². The molecule has 1 nitrogen and oxygen atoms in total. The zero-order valence-corrected chi connectivity index (χ0v) is 22.6. The zero-order chi connectivity index (χ0) is 26.5. The fourth-order valence-electron chi connectivity index (χ4n) is 5.96. The van der Waals surface area contributed by atoms with Crippen LogP contribution in [-0.2, 0) is 0 Å². The lowest BCUT2D eigenvalue weighted by molar-refractivity contribution is 1.31. The van der Waals surface area contributed by atoms with Gasteiger partial charge >= 0.3 is 0 Å². The largest absolute Gasteiger partial charge is 0.310 e. The first-order valence-corrected chi connectivity index (χ1v) is 14.4. The van der Waals surface area contributed by atoms with E-state index < -0.39 is 0 Å². The van der Waals surface area contributed by atoms with Crippen LogP contribution in [0.4, 0.5) is 17.1 Å². The molecule has 8 aromatic rings. The van der Waals surface area contributed by atoms with Crippen molar-refractivity contribution in [2.75, 3.05) is 4.90 Å². The predicted molar refractivity (Wildman–Crippen MR) is 174 cm³/mol. The summed E-state index contributed by atoms with van der Waals surface area (Å²) in [5.74, 6) is 0. The molecule has 0 atom stereocenters. The number of anilines is 3. The van der Waals surface area contributed by atoms with E-state index in [2.05, 4.69) is 157 Å². The predicted octanol–water partition coefficient (Wildman–Crippen LogP) is 11.5. The Labute approximate surface area is 237 Å². The Morgan fingerprint density at radius 2 is 1.10 bits per heavy atom. The second kappa shape index (κ2) is 9.37. The van der Waals surface area contributed by atoms with Crippen molar-refractivity contribution in [1.29, 1.82) is 0 Å². The summed E-state index contributed by atoms with van der Waals surface area (Å²) in [6.07, 6.45) is 0. The van der Waals surface area contributed by atoms with Crippen molar-refractivity contribution in [2.45, 2.75) is 0 Å². The first kappa shape index (κ1) is 23.0. The molecule has 0 fully saturated rings. The van der Waals surface area contributed by atoms with Crippen LogP contribution < -0.4 is 4.90 Å². The number of rotatable bonds is 4.